The number of hydrogen-bond acceptors (Lipinski definition) is 0. The van der Waals surface area contributed by atoms with Crippen LogP contribution in [0.1, 0.15) is 0 Å². The summed E-state index contributed by atoms with van der Waals surface area (Å²) in [6.07, 6.45) is 0. The van der Waals surface area contributed by atoms with E-state index in [4.69, 9.17) is 0 Å². The van der Waals surface area contributed by atoms with Gasteiger partial charge in [-0.2, -0.15) is 0 Å². The van der Waals surface area contributed by atoms with Crippen LogP contribution in [-0.4, -0.2) is 0 Å². The van der Waals surface area contributed by atoms with Crippen LogP contribution in [0.15, 0.2) is 194 Å². The first-order chi connectivity index (χ1) is 22.9. The first-order valence-corrected chi connectivity index (χ1v) is 18.4. The molecular weight excluding hydrogens is 851 g/mol. The van der Waals surface area contributed by atoms with Gasteiger partial charge < -0.3 is 34.0 Å². The van der Waals surface area contributed by atoms with Gasteiger partial charge in [0.1, 0.15) is 0 Å². The van der Waals surface area contributed by atoms with Crippen molar-refractivity contribution in [3.63, 3.8) is 0 Å². The summed E-state index contributed by atoms with van der Waals surface area (Å²) in [6, 6.07) is 71.8. The van der Waals surface area contributed by atoms with Crippen molar-refractivity contribution in [2.75, 3.05) is 0 Å². The van der Waals surface area contributed by atoms with Crippen LogP contribution >= 0.6 is 15.8 Å². The molecule has 8 aromatic rings. The molecule has 8 rings (SSSR count). The molecule has 49 heavy (non-hydrogen) atoms. The Morgan fingerprint density at radius 3 is 0.837 bits per heavy atom. The fourth-order valence-electron chi connectivity index (χ4n) is 6.58. The van der Waals surface area contributed by atoms with Crippen molar-refractivity contribution in [2.24, 2.45) is 0 Å². The molecule has 0 aliphatic rings. The van der Waals surface area contributed by atoms with E-state index in [1.54, 1.807) is 0 Å². The van der Waals surface area contributed by atoms with Gasteiger partial charge in [-0.1, -0.05) is 194 Å². The molecule has 8 aromatic carbocycles. The number of rotatable bonds is 7. The van der Waals surface area contributed by atoms with Gasteiger partial charge in [-0.05, 0) is 80.3 Å². The summed E-state index contributed by atoms with van der Waals surface area (Å²) >= 11 is 0. The topological polar surface area (TPSA) is 0 Å². The van der Waals surface area contributed by atoms with E-state index >= 15 is 0 Å². The molecule has 0 unspecified atom stereocenters. The molecule has 0 saturated heterocycles. The smallest absolute Gasteiger partial charge is 1.00 e. The molecule has 0 N–H and O–H groups in total. The van der Waals surface area contributed by atoms with Crippen molar-refractivity contribution < 1.29 is 53.4 Å². The van der Waals surface area contributed by atoms with Crippen molar-refractivity contribution in [1.82, 2.24) is 0 Å². The van der Waals surface area contributed by atoms with Crippen molar-refractivity contribution >= 4 is 69.2 Å². The Hall–Kier alpha value is -3.28. The van der Waals surface area contributed by atoms with Crippen LogP contribution in [0, 0.1) is 0 Å². The van der Waals surface area contributed by atoms with Crippen LogP contribution < -0.4 is 65.8 Å². The predicted molar refractivity (Wildman–Crippen MR) is 204 cm³/mol. The molecule has 0 heterocycles. The largest absolute Gasteiger partial charge is 2.00 e. The van der Waals surface area contributed by atoms with Crippen molar-refractivity contribution in [1.29, 1.82) is 0 Å². The summed E-state index contributed by atoms with van der Waals surface area (Å²) in [5.41, 5.74) is 2.70. The van der Waals surface area contributed by atoms with E-state index in [9.17, 15) is 0 Å². The third-order valence-electron chi connectivity index (χ3n) is 8.60. The Morgan fingerprint density at radius 2 is 0.531 bits per heavy atom. The molecule has 0 fully saturated rings. The zero-order valence-corrected chi connectivity index (χ0v) is 33.2. The zero-order chi connectivity index (χ0) is 30.7. The maximum atomic E-state index is 2.42. The second-order valence-electron chi connectivity index (χ2n) is 11.4. The zero-order valence-electron chi connectivity index (χ0n) is 26.5. The maximum absolute atomic E-state index is 2.42. The van der Waals surface area contributed by atoms with Crippen LogP contribution in [0.4, 0.5) is 0 Å². The fraction of sp³-hybridized carbons (Fsp3) is 0. The second-order valence-corrected chi connectivity index (χ2v) is 15.7. The van der Waals surface area contributed by atoms with E-state index in [0.29, 0.717) is 0 Å². The molecule has 0 saturated carbocycles. The predicted octanol–water partition coefficient (Wildman–Crippen LogP) is 3.18. The molecule has 0 nitrogen and oxygen atoms in total. The van der Waals surface area contributed by atoms with Crippen molar-refractivity contribution in [2.45, 2.75) is 0 Å². The van der Waals surface area contributed by atoms with Gasteiger partial charge in [0.25, 0.3) is 0 Å². The molecule has 0 aliphatic carbocycles. The number of hydrogen-bond donors (Lipinski definition) is 0. The average molecular weight is 884 g/mol. The summed E-state index contributed by atoms with van der Waals surface area (Å²) in [4.78, 5) is 0. The van der Waals surface area contributed by atoms with E-state index in [-0.39, 0.29) is 53.4 Å². The maximum Gasteiger partial charge on any atom is 2.00 e. The van der Waals surface area contributed by atoms with Crippen LogP contribution in [0.2, 0.25) is 0 Å². The summed E-state index contributed by atoms with van der Waals surface area (Å²) in [6.45, 7) is 0. The Morgan fingerprint density at radius 1 is 0.265 bits per heavy atom. The van der Waals surface area contributed by atoms with Crippen LogP contribution in [-0.2, 0) is 19.5 Å². The molecule has 0 radical (unpaired) electrons. The third kappa shape index (κ3) is 7.44. The minimum atomic E-state index is -0.852. The SMILES string of the molecule is [Br-].[Br-].[Ru+2].c1ccc(P(c2ccccc2)c2ccc3ccccc3c2-c2c(P(c3ccccc3)c3ccccc3)ccc3ccccc23)cc1. The molecule has 0 aliphatic heterocycles. The van der Waals surface area contributed by atoms with Crippen molar-refractivity contribution in [3.8, 4) is 11.1 Å². The van der Waals surface area contributed by atoms with E-state index < -0.39 is 15.8 Å². The van der Waals surface area contributed by atoms with Crippen LogP contribution in [0.25, 0.3) is 32.7 Å². The van der Waals surface area contributed by atoms with Gasteiger partial charge in [0.15, 0.2) is 0 Å². The monoisotopic (exact) mass is 882 g/mol. The fourth-order valence-corrected chi connectivity index (χ4v) is 11.5. The van der Waals surface area contributed by atoms with Crippen LogP contribution in [0.5, 0.6) is 0 Å². The van der Waals surface area contributed by atoms with Gasteiger partial charge in [-0.3, -0.25) is 0 Å². The minimum Gasteiger partial charge on any atom is -1.00 e. The molecule has 5 heteroatoms. The standard InChI is InChI=1S/C44H32P2.2BrH.Ru/c1-5-19-35(20-6-1)45(36-21-7-2-8-22-36)41-31-29-33-17-13-15-27-39(33)43(41)44-40-28-16-14-18-34(40)30-32-42(44)46(37-23-9-3-10-24-37)38-25-11-4-12-26-38;;;/h1-32H;2*1H;/q;;;+2/p-2. The van der Waals surface area contributed by atoms with Crippen molar-refractivity contribution in [3.05, 3.63) is 194 Å². The number of halogens is 2. The number of fused-ring (bicyclic) bond motifs is 2. The minimum absolute atomic E-state index is 0. The summed E-state index contributed by atoms with van der Waals surface area (Å²) in [5.74, 6) is 0. The van der Waals surface area contributed by atoms with Gasteiger partial charge in [0, 0.05) is 0 Å². The van der Waals surface area contributed by atoms with E-state index in [1.165, 1.54) is 64.5 Å². The van der Waals surface area contributed by atoms with E-state index in [1.807, 2.05) is 0 Å². The Kier molecular flexibility index (Phi) is 12.9. The summed E-state index contributed by atoms with van der Waals surface area (Å²) in [7, 11) is -1.70. The van der Waals surface area contributed by atoms with E-state index in [2.05, 4.69) is 194 Å². The first-order valence-electron chi connectivity index (χ1n) is 15.7. The molecule has 0 spiro atoms. The molecular formula is C44H32Br2P2Ru. The second kappa shape index (κ2) is 17.1. The average Bonchev–Trinajstić information content (AvgIpc) is 3.14. The van der Waals surface area contributed by atoms with Gasteiger partial charge in [-0.25, -0.2) is 0 Å². The number of benzene rings is 8. The summed E-state index contributed by atoms with van der Waals surface area (Å²) < 4.78 is 0. The third-order valence-corrected chi connectivity index (χ3v) is 13.6. The Bertz CT molecular complexity index is 2020. The quantitative estimate of drug-likeness (QED) is 0.171. The van der Waals surface area contributed by atoms with E-state index in [0.717, 1.165) is 0 Å². The molecule has 0 bridgehead atoms. The Balaban J connectivity index is 0.00000156. The first kappa shape index (κ1) is 37.0. The van der Waals surface area contributed by atoms with Crippen LogP contribution in [0.3, 0.4) is 0 Å². The van der Waals surface area contributed by atoms with Gasteiger partial charge in [0.2, 0.25) is 0 Å². The molecule has 0 amide bonds. The molecule has 240 valence electrons. The molecule has 0 aromatic heterocycles. The van der Waals surface area contributed by atoms with Gasteiger partial charge in [0.05, 0.1) is 0 Å². The van der Waals surface area contributed by atoms with Gasteiger partial charge in [-0.15, -0.1) is 0 Å². The summed E-state index contributed by atoms with van der Waals surface area (Å²) in [5, 5.41) is 13.3. The normalized spacial score (nSPS) is 10.7. The molecule has 0 atom stereocenters. The van der Waals surface area contributed by atoms with Gasteiger partial charge >= 0.3 is 19.5 Å². The Labute approximate surface area is 325 Å².